The minimum absolute atomic E-state index is 0.00748. The van der Waals surface area contributed by atoms with E-state index in [1.807, 2.05) is 19.1 Å². The highest BCUT2D eigenvalue weighted by atomic mass is 16.5. The van der Waals surface area contributed by atoms with Crippen LogP contribution in [0.15, 0.2) is 18.2 Å². The predicted molar refractivity (Wildman–Crippen MR) is 67.5 cm³/mol. The first-order valence-corrected chi connectivity index (χ1v) is 6.66. The molecular formula is C15H18O3. The minimum Gasteiger partial charge on any atom is -0.508 e. The first kappa shape index (κ1) is 11.6. The molecule has 1 saturated carbocycles. The van der Waals surface area contributed by atoms with Crippen molar-refractivity contribution in [1.82, 2.24) is 0 Å². The van der Waals surface area contributed by atoms with Crippen molar-refractivity contribution >= 4 is 5.97 Å². The molecule has 2 aliphatic rings. The molecule has 0 heterocycles. The molecule has 3 nitrogen and oxygen atoms in total. The van der Waals surface area contributed by atoms with E-state index >= 15 is 0 Å². The molecule has 1 aromatic carbocycles. The molecule has 0 amide bonds. The number of esters is 1. The SMILES string of the molecule is CCOC(=O)[C@H]1C[C@@]12CCCc1cc(O)ccc12. The number of phenolic OH excluding ortho intramolecular Hbond substituents is 1. The Morgan fingerprint density at radius 2 is 2.39 bits per heavy atom. The highest BCUT2D eigenvalue weighted by molar-refractivity contribution is 5.79. The molecule has 0 unspecified atom stereocenters. The number of benzene rings is 1. The van der Waals surface area contributed by atoms with E-state index in [2.05, 4.69) is 0 Å². The van der Waals surface area contributed by atoms with Gasteiger partial charge in [-0.2, -0.15) is 0 Å². The molecule has 2 aliphatic carbocycles. The molecule has 0 aliphatic heterocycles. The molecule has 0 aromatic heterocycles. The fourth-order valence-corrected chi connectivity index (χ4v) is 3.43. The van der Waals surface area contributed by atoms with Gasteiger partial charge in [0, 0.05) is 5.41 Å². The summed E-state index contributed by atoms with van der Waals surface area (Å²) < 4.78 is 5.14. The average molecular weight is 246 g/mol. The molecule has 0 bridgehead atoms. The first-order chi connectivity index (χ1) is 8.67. The maximum atomic E-state index is 11.9. The number of carbonyl (C=O) groups is 1. The van der Waals surface area contributed by atoms with Crippen molar-refractivity contribution in [2.24, 2.45) is 5.92 Å². The van der Waals surface area contributed by atoms with Crippen molar-refractivity contribution in [2.45, 2.75) is 38.0 Å². The third-order valence-corrected chi connectivity index (χ3v) is 4.34. The number of hydrogen-bond acceptors (Lipinski definition) is 3. The maximum Gasteiger partial charge on any atom is 0.309 e. The van der Waals surface area contributed by atoms with Crippen LogP contribution in [0.2, 0.25) is 0 Å². The highest BCUT2D eigenvalue weighted by Crippen LogP contribution is 2.60. The van der Waals surface area contributed by atoms with Crippen molar-refractivity contribution in [2.75, 3.05) is 6.61 Å². The molecule has 1 spiro atoms. The molecule has 1 fully saturated rings. The number of aryl methyl sites for hydroxylation is 1. The summed E-state index contributed by atoms with van der Waals surface area (Å²) in [7, 11) is 0. The van der Waals surface area contributed by atoms with Crippen LogP contribution in [-0.4, -0.2) is 17.7 Å². The van der Waals surface area contributed by atoms with Crippen molar-refractivity contribution in [3.8, 4) is 5.75 Å². The molecule has 2 atom stereocenters. The maximum absolute atomic E-state index is 11.9. The van der Waals surface area contributed by atoms with Crippen LogP contribution in [0.3, 0.4) is 0 Å². The van der Waals surface area contributed by atoms with E-state index in [1.54, 1.807) is 6.07 Å². The number of rotatable bonds is 2. The summed E-state index contributed by atoms with van der Waals surface area (Å²) in [5.74, 6) is 0.290. The van der Waals surface area contributed by atoms with Crippen molar-refractivity contribution in [1.29, 1.82) is 0 Å². The number of carbonyl (C=O) groups excluding carboxylic acids is 1. The predicted octanol–water partition coefficient (Wildman–Crippen LogP) is 2.55. The van der Waals surface area contributed by atoms with Gasteiger partial charge in [0.1, 0.15) is 5.75 Å². The Bertz CT molecular complexity index is 495. The topological polar surface area (TPSA) is 46.5 Å². The van der Waals surface area contributed by atoms with Gasteiger partial charge in [-0.3, -0.25) is 4.79 Å². The van der Waals surface area contributed by atoms with Crippen LogP contribution in [0.5, 0.6) is 5.75 Å². The second-order valence-electron chi connectivity index (χ2n) is 5.36. The van der Waals surface area contributed by atoms with Gasteiger partial charge >= 0.3 is 5.97 Å². The molecule has 1 N–H and O–H groups in total. The van der Waals surface area contributed by atoms with Gasteiger partial charge in [0.25, 0.3) is 0 Å². The summed E-state index contributed by atoms with van der Waals surface area (Å²) in [6.45, 7) is 2.30. The summed E-state index contributed by atoms with van der Waals surface area (Å²) in [6, 6.07) is 5.56. The van der Waals surface area contributed by atoms with Crippen LogP contribution in [0.1, 0.15) is 37.3 Å². The fraction of sp³-hybridized carbons (Fsp3) is 0.533. The van der Waals surface area contributed by atoms with Gasteiger partial charge in [0.05, 0.1) is 12.5 Å². The Morgan fingerprint density at radius 1 is 1.56 bits per heavy atom. The van der Waals surface area contributed by atoms with Crippen molar-refractivity contribution < 1.29 is 14.6 Å². The van der Waals surface area contributed by atoms with E-state index in [4.69, 9.17) is 4.74 Å². The van der Waals surface area contributed by atoms with E-state index in [1.165, 1.54) is 11.1 Å². The molecule has 3 rings (SSSR count). The zero-order chi connectivity index (χ0) is 12.8. The van der Waals surface area contributed by atoms with Crippen molar-refractivity contribution in [3.05, 3.63) is 29.3 Å². The molecule has 3 heteroatoms. The number of ether oxygens (including phenoxy) is 1. The summed E-state index contributed by atoms with van der Waals surface area (Å²) in [5, 5.41) is 9.55. The third-order valence-electron chi connectivity index (χ3n) is 4.34. The Balaban J connectivity index is 1.91. The van der Waals surface area contributed by atoms with Gasteiger partial charge in [-0.25, -0.2) is 0 Å². The Morgan fingerprint density at radius 3 is 3.17 bits per heavy atom. The van der Waals surface area contributed by atoms with Crippen molar-refractivity contribution in [3.63, 3.8) is 0 Å². The van der Waals surface area contributed by atoms with Gasteiger partial charge in [-0.05, 0) is 55.9 Å². The molecular weight excluding hydrogens is 228 g/mol. The highest BCUT2D eigenvalue weighted by Gasteiger charge is 2.60. The smallest absolute Gasteiger partial charge is 0.309 e. The number of aromatic hydroxyl groups is 1. The standard InChI is InChI=1S/C15H18O3/c1-2-18-14(17)13-9-15(13)7-3-4-10-8-11(16)5-6-12(10)15/h5-6,8,13,16H,2-4,7,9H2,1H3/t13-,15-/m1/s1. The third kappa shape index (κ3) is 1.61. The van der Waals surface area contributed by atoms with Gasteiger partial charge in [-0.1, -0.05) is 6.07 Å². The minimum atomic E-state index is -0.0570. The quantitative estimate of drug-likeness (QED) is 0.816. The lowest BCUT2D eigenvalue weighted by Crippen LogP contribution is -2.22. The largest absolute Gasteiger partial charge is 0.508 e. The Labute approximate surface area is 107 Å². The van der Waals surface area contributed by atoms with E-state index in [9.17, 15) is 9.90 Å². The second-order valence-corrected chi connectivity index (χ2v) is 5.36. The average Bonchev–Trinajstić information content (AvgIpc) is 3.05. The zero-order valence-corrected chi connectivity index (χ0v) is 10.6. The van der Waals surface area contributed by atoms with Gasteiger partial charge in [0.2, 0.25) is 0 Å². The molecule has 0 saturated heterocycles. The van der Waals surface area contributed by atoms with Crippen LogP contribution in [0.25, 0.3) is 0 Å². The molecule has 18 heavy (non-hydrogen) atoms. The zero-order valence-electron chi connectivity index (χ0n) is 10.6. The summed E-state index contributed by atoms with van der Waals surface area (Å²) in [6.07, 6.45) is 4.06. The van der Waals surface area contributed by atoms with Gasteiger partial charge in [-0.15, -0.1) is 0 Å². The normalized spacial score (nSPS) is 28.8. The van der Waals surface area contributed by atoms with E-state index in [0.717, 1.165) is 25.7 Å². The van der Waals surface area contributed by atoms with Gasteiger partial charge in [0.15, 0.2) is 0 Å². The van der Waals surface area contributed by atoms with Crippen LogP contribution in [0.4, 0.5) is 0 Å². The lowest BCUT2D eigenvalue weighted by molar-refractivity contribution is -0.145. The molecule has 0 radical (unpaired) electrons. The van der Waals surface area contributed by atoms with E-state index in [-0.39, 0.29) is 17.3 Å². The second kappa shape index (κ2) is 4.01. The van der Waals surface area contributed by atoms with Crippen LogP contribution < -0.4 is 0 Å². The summed E-state index contributed by atoms with van der Waals surface area (Å²) >= 11 is 0. The summed E-state index contributed by atoms with van der Waals surface area (Å²) in [5.41, 5.74) is 2.46. The first-order valence-electron chi connectivity index (χ1n) is 6.66. The van der Waals surface area contributed by atoms with E-state index in [0.29, 0.717) is 12.4 Å². The number of hydrogen-bond donors (Lipinski definition) is 1. The molecule has 96 valence electrons. The Kier molecular flexibility index (Phi) is 2.58. The Hall–Kier alpha value is -1.51. The number of phenols is 1. The summed E-state index contributed by atoms with van der Waals surface area (Å²) in [4.78, 5) is 11.9. The van der Waals surface area contributed by atoms with Crippen LogP contribution in [0, 0.1) is 5.92 Å². The monoisotopic (exact) mass is 246 g/mol. The molecule has 1 aromatic rings. The lowest BCUT2D eigenvalue weighted by atomic mass is 9.78. The number of fused-ring (bicyclic) bond motifs is 2. The lowest BCUT2D eigenvalue weighted by Gasteiger charge is -2.26. The van der Waals surface area contributed by atoms with Gasteiger partial charge < -0.3 is 9.84 Å². The fourth-order valence-electron chi connectivity index (χ4n) is 3.43. The van der Waals surface area contributed by atoms with Crippen LogP contribution in [-0.2, 0) is 21.4 Å². The van der Waals surface area contributed by atoms with E-state index < -0.39 is 0 Å². The van der Waals surface area contributed by atoms with Crippen LogP contribution >= 0.6 is 0 Å².